The summed E-state index contributed by atoms with van der Waals surface area (Å²) >= 11 is 6.25. The Morgan fingerprint density at radius 3 is 2.71 bits per heavy atom. The second-order valence-corrected chi connectivity index (χ2v) is 6.15. The van der Waals surface area contributed by atoms with Crippen molar-refractivity contribution in [3.05, 3.63) is 46.2 Å². The second kappa shape index (κ2) is 7.10. The Kier molecular flexibility index (Phi) is 5.43. The van der Waals surface area contributed by atoms with E-state index in [1.165, 1.54) is 11.3 Å². The molecule has 3 nitrogen and oxygen atoms in total. The van der Waals surface area contributed by atoms with Gasteiger partial charge in [0, 0.05) is 28.9 Å². The van der Waals surface area contributed by atoms with Crippen molar-refractivity contribution in [2.45, 2.75) is 53.1 Å². The molecule has 0 radical (unpaired) electrons. The fourth-order valence-corrected chi connectivity index (χ4v) is 2.48. The van der Waals surface area contributed by atoms with Crippen LogP contribution in [-0.2, 0) is 13.0 Å². The van der Waals surface area contributed by atoms with Gasteiger partial charge in [-0.3, -0.25) is 0 Å². The van der Waals surface area contributed by atoms with Gasteiger partial charge in [-0.25, -0.2) is 4.68 Å². The molecule has 1 N–H and O–H groups in total. The van der Waals surface area contributed by atoms with Crippen LogP contribution in [0.5, 0.6) is 0 Å². The van der Waals surface area contributed by atoms with E-state index in [1.807, 2.05) is 29.9 Å². The molecular formula is C17H24ClN3. The van der Waals surface area contributed by atoms with Crippen molar-refractivity contribution < 1.29 is 0 Å². The normalized spacial score (nSPS) is 11.3. The Bertz CT molecular complexity index is 602. The van der Waals surface area contributed by atoms with Gasteiger partial charge in [0.25, 0.3) is 0 Å². The number of aryl methyl sites for hydroxylation is 1. The van der Waals surface area contributed by atoms with Gasteiger partial charge >= 0.3 is 0 Å². The van der Waals surface area contributed by atoms with Crippen LogP contribution in [0.15, 0.2) is 24.4 Å². The third-order valence-corrected chi connectivity index (χ3v) is 3.95. The Morgan fingerprint density at radius 1 is 1.33 bits per heavy atom. The van der Waals surface area contributed by atoms with Crippen LogP contribution in [0, 0.1) is 6.92 Å². The zero-order valence-electron chi connectivity index (χ0n) is 13.3. The molecule has 0 aliphatic heterocycles. The number of nitrogens with one attached hydrogen (secondary N) is 1. The molecule has 1 aromatic heterocycles. The lowest BCUT2D eigenvalue weighted by molar-refractivity contribution is 0.585. The average molecular weight is 306 g/mol. The first-order valence-electron chi connectivity index (χ1n) is 7.58. The largest absolute Gasteiger partial charge is 0.310 e. The zero-order valence-corrected chi connectivity index (χ0v) is 14.0. The molecule has 1 aromatic carbocycles. The van der Waals surface area contributed by atoms with E-state index in [0.717, 1.165) is 35.7 Å². The quantitative estimate of drug-likeness (QED) is 0.863. The van der Waals surface area contributed by atoms with Crippen molar-refractivity contribution in [3.8, 4) is 5.69 Å². The number of nitrogens with zero attached hydrogens (tertiary/aromatic N) is 2. The predicted molar refractivity (Wildman–Crippen MR) is 89.3 cm³/mol. The third-order valence-electron chi connectivity index (χ3n) is 3.54. The Labute approximate surface area is 132 Å². The van der Waals surface area contributed by atoms with Crippen molar-refractivity contribution in [2.75, 3.05) is 0 Å². The van der Waals surface area contributed by atoms with Crippen LogP contribution >= 0.6 is 11.6 Å². The van der Waals surface area contributed by atoms with E-state index in [1.54, 1.807) is 0 Å². The Balaban J connectivity index is 2.36. The van der Waals surface area contributed by atoms with Crippen molar-refractivity contribution in [1.82, 2.24) is 15.1 Å². The number of hydrogen-bond acceptors (Lipinski definition) is 2. The van der Waals surface area contributed by atoms with Crippen LogP contribution in [0.25, 0.3) is 5.69 Å². The average Bonchev–Trinajstić information content (AvgIpc) is 2.83. The van der Waals surface area contributed by atoms with Crippen molar-refractivity contribution in [2.24, 2.45) is 0 Å². The van der Waals surface area contributed by atoms with E-state index in [4.69, 9.17) is 11.6 Å². The lowest BCUT2D eigenvalue weighted by Gasteiger charge is -2.12. The van der Waals surface area contributed by atoms with Crippen LogP contribution in [0.2, 0.25) is 5.02 Å². The summed E-state index contributed by atoms with van der Waals surface area (Å²) in [5.74, 6) is 0. The topological polar surface area (TPSA) is 29.9 Å². The summed E-state index contributed by atoms with van der Waals surface area (Å²) in [5.41, 5.74) is 4.66. The summed E-state index contributed by atoms with van der Waals surface area (Å²) < 4.78 is 2.02. The number of aromatic nitrogens is 2. The monoisotopic (exact) mass is 305 g/mol. The molecule has 0 aliphatic carbocycles. The minimum atomic E-state index is 0.469. The minimum Gasteiger partial charge on any atom is -0.310 e. The van der Waals surface area contributed by atoms with Gasteiger partial charge in [0.15, 0.2) is 0 Å². The lowest BCUT2D eigenvalue weighted by Crippen LogP contribution is -2.22. The molecule has 21 heavy (non-hydrogen) atoms. The maximum atomic E-state index is 6.25. The van der Waals surface area contributed by atoms with Crippen LogP contribution in [-0.4, -0.2) is 15.8 Å². The van der Waals surface area contributed by atoms with Gasteiger partial charge in [-0.05, 0) is 31.0 Å². The van der Waals surface area contributed by atoms with E-state index >= 15 is 0 Å². The Morgan fingerprint density at radius 2 is 2.10 bits per heavy atom. The van der Waals surface area contributed by atoms with Crippen LogP contribution in [0.3, 0.4) is 0 Å². The van der Waals surface area contributed by atoms with E-state index in [-0.39, 0.29) is 0 Å². The van der Waals surface area contributed by atoms with Crippen molar-refractivity contribution in [3.63, 3.8) is 0 Å². The summed E-state index contributed by atoms with van der Waals surface area (Å²) in [5, 5.41) is 8.82. The summed E-state index contributed by atoms with van der Waals surface area (Å²) in [6, 6.07) is 6.58. The molecule has 2 rings (SSSR count). The highest BCUT2D eigenvalue weighted by Gasteiger charge is 2.12. The first kappa shape index (κ1) is 16.1. The first-order valence-corrected chi connectivity index (χ1v) is 7.96. The van der Waals surface area contributed by atoms with Gasteiger partial charge in [0.1, 0.15) is 0 Å². The fourth-order valence-electron chi connectivity index (χ4n) is 2.31. The third kappa shape index (κ3) is 3.86. The van der Waals surface area contributed by atoms with E-state index in [2.05, 4.69) is 37.3 Å². The smallest absolute Gasteiger partial charge is 0.0663 e. The zero-order chi connectivity index (χ0) is 15.4. The molecule has 0 saturated heterocycles. The van der Waals surface area contributed by atoms with Gasteiger partial charge in [-0.1, -0.05) is 44.9 Å². The van der Waals surface area contributed by atoms with E-state index in [9.17, 15) is 0 Å². The minimum absolute atomic E-state index is 0.469. The standard InChI is InChI=1S/C17H24ClN3/c1-5-6-17-14(10-19-12(2)3)11-20-21(17)15-8-7-13(4)16(18)9-15/h7-9,11-12,19H,5-6,10H2,1-4H3. The SMILES string of the molecule is CCCc1c(CNC(C)C)cnn1-c1ccc(C)c(Cl)c1. The van der Waals surface area contributed by atoms with Crippen molar-refractivity contribution in [1.29, 1.82) is 0 Å². The molecule has 0 bridgehead atoms. The summed E-state index contributed by atoms with van der Waals surface area (Å²) in [7, 11) is 0. The summed E-state index contributed by atoms with van der Waals surface area (Å²) in [6.45, 7) is 9.37. The highest BCUT2D eigenvalue weighted by molar-refractivity contribution is 6.31. The maximum absolute atomic E-state index is 6.25. The molecule has 0 amide bonds. The fraction of sp³-hybridized carbons (Fsp3) is 0.471. The molecule has 1 heterocycles. The number of rotatable bonds is 6. The van der Waals surface area contributed by atoms with Gasteiger partial charge in [-0.15, -0.1) is 0 Å². The number of hydrogen-bond donors (Lipinski definition) is 1. The lowest BCUT2D eigenvalue weighted by atomic mass is 10.1. The molecule has 0 spiro atoms. The molecule has 0 fully saturated rings. The van der Waals surface area contributed by atoms with Gasteiger partial charge in [0.05, 0.1) is 11.9 Å². The highest BCUT2D eigenvalue weighted by Crippen LogP contribution is 2.22. The van der Waals surface area contributed by atoms with Gasteiger partial charge in [0.2, 0.25) is 0 Å². The molecule has 4 heteroatoms. The highest BCUT2D eigenvalue weighted by atomic mass is 35.5. The molecule has 0 atom stereocenters. The van der Waals surface area contributed by atoms with Crippen LogP contribution in [0.4, 0.5) is 0 Å². The molecule has 0 aliphatic rings. The molecule has 2 aromatic rings. The summed E-state index contributed by atoms with van der Waals surface area (Å²) in [4.78, 5) is 0. The Hall–Kier alpha value is -1.32. The van der Waals surface area contributed by atoms with Crippen LogP contribution < -0.4 is 5.32 Å². The number of benzene rings is 1. The van der Waals surface area contributed by atoms with Crippen molar-refractivity contribution >= 4 is 11.6 Å². The second-order valence-electron chi connectivity index (χ2n) is 5.75. The van der Waals surface area contributed by atoms with Gasteiger partial charge < -0.3 is 5.32 Å². The number of halogens is 1. The molecule has 114 valence electrons. The maximum Gasteiger partial charge on any atom is 0.0663 e. The predicted octanol–water partition coefficient (Wildman–Crippen LogP) is 4.28. The molecular weight excluding hydrogens is 282 g/mol. The summed E-state index contributed by atoms with van der Waals surface area (Å²) in [6.07, 6.45) is 4.08. The first-order chi connectivity index (χ1) is 10.0. The van der Waals surface area contributed by atoms with E-state index < -0.39 is 0 Å². The molecule has 0 saturated carbocycles. The van der Waals surface area contributed by atoms with E-state index in [0.29, 0.717) is 6.04 Å². The van der Waals surface area contributed by atoms with Gasteiger partial charge in [-0.2, -0.15) is 5.10 Å². The van der Waals surface area contributed by atoms with Crippen LogP contribution in [0.1, 0.15) is 44.0 Å². The molecule has 0 unspecified atom stereocenters.